The molecule has 47 heavy (non-hydrogen) atoms. The predicted octanol–water partition coefficient (Wildman–Crippen LogP) is 12.3. The highest BCUT2D eigenvalue weighted by Gasteiger charge is 2.36. The lowest BCUT2D eigenvalue weighted by atomic mass is 9.80. The zero-order valence-electron chi connectivity index (χ0n) is 26.4. The van der Waals surface area contributed by atoms with Crippen LogP contribution in [0.1, 0.15) is 30.5 Å². The third-order valence-corrected chi connectivity index (χ3v) is 10.3. The Morgan fingerprint density at radius 3 is 1.55 bits per heavy atom. The van der Waals surface area contributed by atoms with Crippen LogP contribution >= 0.6 is 0 Å². The molecule has 0 fully saturated rings. The Labute approximate surface area is 275 Å². The van der Waals surface area contributed by atoms with Crippen molar-refractivity contribution < 1.29 is 0 Å². The highest BCUT2D eigenvalue weighted by atomic mass is 14.4. The molecule has 0 amide bonds. The van der Waals surface area contributed by atoms with Gasteiger partial charge in [0.05, 0.1) is 11.6 Å². The number of benzene rings is 8. The van der Waals surface area contributed by atoms with Crippen LogP contribution in [0.15, 0.2) is 152 Å². The van der Waals surface area contributed by atoms with Gasteiger partial charge in [0.1, 0.15) is 0 Å². The number of hydrogen-bond donors (Lipinski definition) is 0. The number of nitrogens with zero attached hydrogens (tertiary/aromatic N) is 1. The van der Waals surface area contributed by atoms with Gasteiger partial charge in [-0.3, -0.25) is 0 Å². The summed E-state index contributed by atoms with van der Waals surface area (Å²) in [5.74, 6) is 0. The van der Waals surface area contributed by atoms with Crippen LogP contribution in [0, 0.1) is 11.3 Å². The van der Waals surface area contributed by atoms with Gasteiger partial charge in [-0.05, 0) is 112 Å². The number of rotatable bonds is 3. The summed E-state index contributed by atoms with van der Waals surface area (Å²) in [5, 5.41) is 17.1. The standard InChI is InChI=1S/C46H31N/c1-46(2)42-25-29(28-47)15-23-36(42)37-24-22-35(27-43(37)46)45-40-13-7-5-11-38(40)44(39-12-6-8-14-41(39)45)32-19-16-31(17-20-32)34-21-18-30-9-3-4-10-33(30)26-34/h3-27H,1-2H3. The maximum atomic E-state index is 9.61. The number of nitriles is 1. The smallest absolute Gasteiger partial charge is 0.0991 e. The molecule has 0 radical (unpaired) electrons. The monoisotopic (exact) mass is 597 g/mol. The van der Waals surface area contributed by atoms with Crippen molar-refractivity contribution in [1.82, 2.24) is 0 Å². The molecule has 1 aliphatic rings. The van der Waals surface area contributed by atoms with Gasteiger partial charge in [0.15, 0.2) is 0 Å². The van der Waals surface area contributed by atoms with Crippen molar-refractivity contribution >= 4 is 32.3 Å². The summed E-state index contributed by atoms with van der Waals surface area (Å²) in [4.78, 5) is 0. The fraction of sp³-hybridized carbons (Fsp3) is 0.0652. The maximum Gasteiger partial charge on any atom is 0.0991 e. The molecular formula is C46H31N. The zero-order chi connectivity index (χ0) is 31.7. The van der Waals surface area contributed by atoms with Gasteiger partial charge in [-0.25, -0.2) is 0 Å². The molecule has 0 atom stereocenters. The van der Waals surface area contributed by atoms with Crippen LogP contribution in [0.3, 0.4) is 0 Å². The van der Waals surface area contributed by atoms with E-state index in [4.69, 9.17) is 0 Å². The zero-order valence-corrected chi connectivity index (χ0v) is 26.4. The van der Waals surface area contributed by atoms with E-state index in [2.05, 4.69) is 166 Å². The minimum absolute atomic E-state index is 0.203. The van der Waals surface area contributed by atoms with Crippen molar-refractivity contribution in [3.63, 3.8) is 0 Å². The lowest BCUT2D eigenvalue weighted by Gasteiger charge is -2.23. The van der Waals surface area contributed by atoms with E-state index >= 15 is 0 Å². The quantitative estimate of drug-likeness (QED) is 0.186. The third kappa shape index (κ3) is 4.16. The summed E-state index contributed by atoms with van der Waals surface area (Å²) in [6, 6.07) is 57.5. The highest BCUT2D eigenvalue weighted by molar-refractivity contribution is 6.21. The van der Waals surface area contributed by atoms with Crippen LogP contribution in [0.2, 0.25) is 0 Å². The van der Waals surface area contributed by atoms with Crippen molar-refractivity contribution in [1.29, 1.82) is 5.26 Å². The first-order valence-corrected chi connectivity index (χ1v) is 16.2. The van der Waals surface area contributed by atoms with Crippen LogP contribution in [0.25, 0.3) is 76.8 Å². The molecular weight excluding hydrogens is 567 g/mol. The van der Waals surface area contributed by atoms with Gasteiger partial charge >= 0.3 is 0 Å². The number of hydrogen-bond acceptors (Lipinski definition) is 1. The molecule has 0 N–H and O–H groups in total. The van der Waals surface area contributed by atoms with Gasteiger partial charge in [0.2, 0.25) is 0 Å². The Hall–Kier alpha value is -5.97. The van der Waals surface area contributed by atoms with Gasteiger partial charge < -0.3 is 0 Å². The first kappa shape index (κ1) is 27.3. The van der Waals surface area contributed by atoms with Crippen LogP contribution in [0.5, 0.6) is 0 Å². The minimum atomic E-state index is -0.203. The van der Waals surface area contributed by atoms with E-state index in [1.807, 2.05) is 6.07 Å². The highest BCUT2D eigenvalue weighted by Crippen LogP contribution is 2.51. The fourth-order valence-corrected chi connectivity index (χ4v) is 7.91. The van der Waals surface area contributed by atoms with Gasteiger partial charge in [0.25, 0.3) is 0 Å². The molecule has 0 aromatic heterocycles. The van der Waals surface area contributed by atoms with E-state index in [9.17, 15) is 5.26 Å². The largest absolute Gasteiger partial charge is 0.192 e. The summed E-state index contributed by atoms with van der Waals surface area (Å²) in [5.41, 5.74) is 12.9. The molecule has 0 saturated heterocycles. The first-order chi connectivity index (χ1) is 23.0. The molecule has 0 heterocycles. The molecule has 0 saturated carbocycles. The minimum Gasteiger partial charge on any atom is -0.192 e. The fourth-order valence-electron chi connectivity index (χ4n) is 7.91. The van der Waals surface area contributed by atoms with E-state index < -0.39 is 0 Å². The SMILES string of the molecule is CC1(C)c2cc(C#N)ccc2-c2ccc(-c3c4ccccc4c(-c4ccc(-c5ccc6ccccc6c5)cc4)c4ccccc34)cc21. The topological polar surface area (TPSA) is 23.8 Å². The van der Waals surface area contributed by atoms with Crippen LogP contribution in [0.4, 0.5) is 0 Å². The van der Waals surface area contributed by atoms with Crippen molar-refractivity contribution in [2.75, 3.05) is 0 Å². The van der Waals surface area contributed by atoms with E-state index in [1.54, 1.807) is 0 Å². The Morgan fingerprint density at radius 1 is 0.426 bits per heavy atom. The summed E-state index contributed by atoms with van der Waals surface area (Å²) < 4.78 is 0. The second-order valence-electron chi connectivity index (χ2n) is 13.2. The van der Waals surface area contributed by atoms with Crippen LogP contribution in [-0.2, 0) is 5.41 Å². The summed E-state index contributed by atoms with van der Waals surface area (Å²) >= 11 is 0. The Morgan fingerprint density at radius 2 is 0.915 bits per heavy atom. The van der Waals surface area contributed by atoms with Crippen molar-refractivity contribution in [3.05, 3.63) is 168 Å². The average molecular weight is 598 g/mol. The van der Waals surface area contributed by atoms with Gasteiger partial charge in [-0.15, -0.1) is 0 Å². The molecule has 1 heteroatoms. The van der Waals surface area contributed by atoms with Gasteiger partial charge in [0, 0.05) is 5.41 Å². The van der Waals surface area contributed by atoms with Crippen molar-refractivity contribution in [3.8, 4) is 50.6 Å². The van der Waals surface area contributed by atoms with Crippen molar-refractivity contribution in [2.45, 2.75) is 19.3 Å². The molecule has 0 bridgehead atoms. The first-order valence-electron chi connectivity index (χ1n) is 16.2. The molecule has 220 valence electrons. The maximum absolute atomic E-state index is 9.61. The van der Waals surface area contributed by atoms with Crippen LogP contribution in [-0.4, -0.2) is 0 Å². The lowest BCUT2D eigenvalue weighted by molar-refractivity contribution is 0.660. The van der Waals surface area contributed by atoms with Gasteiger partial charge in [-0.1, -0.05) is 141 Å². The normalized spacial score (nSPS) is 13.0. The molecule has 1 nitrogen and oxygen atoms in total. The van der Waals surface area contributed by atoms with E-state index in [0.717, 1.165) is 0 Å². The second-order valence-corrected chi connectivity index (χ2v) is 13.2. The van der Waals surface area contributed by atoms with Crippen molar-refractivity contribution in [2.24, 2.45) is 0 Å². The van der Waals surface area contributed by atoms with E-state index in [1.165, 1.54) is 88.0 Å². The molecule has 9 rings (SSSR count). The van der Waals surface area contributed by atoms with E-state index in [0.29, 0.717) is 5.56 Å². The molecule has 8 aromatic carbocycles. The average Bonchev–Trinajstić information content (AvgIpc) is 3.35. The lowest BCUT2D eigenvalue weighted by Crippen LogP contribution is -2.15. The Bertz CT molecular complexity index is 2540. The third-order valence-electron chi connectivity index (χ3n) is 10.3. The van der Waals surface area contributed by atoms with E-state index in [-0.39, 0.29) is 5.41 Å². The molecule has 1 aliphatic carbocycles. The Kier molecular flexibility index (Phi) is 5.98. The molecule has 8 aromatic rings. The molecule has 0 unspecified atom stereocenters. The molecule has 0 spiro atoms. The van der Waals surface area contributed by atoms with Crippen LogP contribution < -0.4 is 0 Å². The summed E-state index contributed by atoms with van der Waals surface area (Å²) in [6.07, 6.45) is 0. The molecule has 0 aliphatic heterocycles. The number of fused-ring (bicyclic) bond motifs is 6. The predicted molar refractivity (Wildman–Crippen MR) is 198 cm³/mol. The Balaban J connectivity index is 1.22. The van der Waals surface area contributed by atoms with Gasteiger partial charge in [-0.2, -0.15) is 5.26 Å². The summed E-state index contributed by atoms with van der Waals surface area (Å²) in [7, 11) is 0. The summed E-state index contributed by atoms with van der Waals surface area (Å²) in [6.45, 7) is 4.56. The second kappa shape index (κ2) is 10.3.